The maximum Gasteiger partial charge on any atom is 0.124 e. The lowest BCUT2D eigenvalue weighted by Crippen LogP contribution is -2.01. The van der Waals surface area contributed by atoms with Crippen LogP contribution < -0.4 is 4.74 Å². The van der Waals surface area contributed by atoms with Crippen molar-refractivity contribution < 1.29 is 4.74 Å². The first-order valence-corrected chi connectivity index (χ1v) is 4.97. The first-order valence-electron chi connectivity index (χ1n) is 4.97. The molecule has 78 valence electrons. The minimum atomic E-state index is 0.278. The van der Waals surface area contributed by atoms with E-state index in [1.165, 1.54) is 0 Å². The largest absolute Gasteiger partial charge is 0.489 e. The predicted molar refractivity (Wildman–Crippen MR) is 60.9 cm³/mol. The monoisotopic (exact) mass is 201 g/mol. The number of benzene rings is 1. The Hall–Kier alpha value is -1.75. The maximum atomic E-state index is 8.99. The zero-order chi connectivity index (χ0) is 11.3. The highest BCUT2D eigenvalue weighted by molar-refractivity contribution is 5.48. The Kier molecular flexibility index (Phi) is 3.93. The molecule has 0 saturated carbocycles. The van der Waals surface area contributed by atoms with Crippen molar-refractivity contribution in [2.75, 3.05) is 6.61 Å². The van der Waals surface area contributed by atoms with Crippen molar-refractivity contribution in [3.05, 3.63) is 42.0 Å². The SMILES string of the molecule is C=CCOc1cccc(C#N)c1C(C)C. The molecule has 0 atom stereocenters. The van der Waals surface area contributed by atoms with Crippen LogP contribution in [0.1, 0.15) is 30.9 Å². The van der Waals surface area contributed by atoms with Crippen molar-refractivity contribution in [1.82, 2.24) is 0 Å². The van der Waals surface area contributed by atoms with Gasteiger partial charge < -0.3 is 4.74 Å². The molecular formula is C13H15NO. The predicted octanol–water partition coefficient (Wildman–Crippen LogP) is 3.25. The molecule has 0 aliphatic rings. The standard InChI is InChI=1S/C13H15NO/c1-4-8-15-12-7-5-6-11(9-14)13(12)10(2)3/h4-7,10H,1,8H2,2-3H3. The summed E-state index contributed by atoms with van der Waals surface area (Å²) < 4.78 is 5.52. The van der Waals surface area contributed by atoms with Crippen molar-refractivity contribution in [3.63, 3.8) is 0 Å². The average Bonchev–Trinajstić information content (AvgIpc) is 2.25. The number of nitriles is 1. The van der Waals surface area contributed by atoms with Crippen LogP contribution in [0.15, 0.2) is 30.9 Å². The van der Waals surface area contributed by atoms with E-state index in [0.717, 1.165) is 11.3 Å². The summed E-state index contributed by atoms with van der Waals surface area (Å²) >= 11 is 0. The second-order valence-electron chi connectivity index (χ2n) is 3.58. The van der Waals surface area contributed by atoms with E-state index in [4.69, 9.17) is 10.00 Å². The fourth-order valence-corrected chi connectivity index (χ4v) is 1.51. The lowest BCUT2D eigenvalue weighted by molar-refractivity contribution is 0.357. The van der Waals surface area contributed by atoms with Crippen molar-refractivity contribution in [2.45, 2.75) is 19.8 Å². The van der Waals surface area contributed by atoms with Crippen LogP contribution in [0.2, 0.25) is 0 Å². The molecule has 0 N–H and O–H groups in total. The summed E-state index contributed by atoms with van der Waals surface area (Å²) in [5, 5.41) is 8.99. The molecule has 0 radical (unpaired) electrons. The first kappa shape index (κ1) is 11.3. The summed E-state index contributed by atoms with van der Waals surface area (Å²) in [6.07, 6.45) is 1.70. The molecule has 2 nitrogen and oxygen atoms in total. The van der Waals surface area contributed by atoms with E-state index in [1.807, 2.05) is 18.2 Å². The fraction of sp³-hybridized carbons (Fsp3) is 0.308. The van der Waals surface area contributed by atoms with Crippen molar-refractivity contribution in [1.29, 1.82) is 5.26 Å². The number of hydrogen-bond acceptors (Lipinski definition) is 2. The van der Waals surface area contributed by atoms with E-state index in [0.29, 0.717) is 12.2 Å². The summed E-state index contributed by atoms with van der Waals surface area (Å²) in [4.78, 5) is 0. The Morgan fingerprint density at radius 2 is 2.27 bits per heavy atom. The Balaban J connectivity index is 3.14. The molecule has 1 rings (SSSR count). The van der Waals surface area contributed by atoms with Crippen LogP contribution >= 0.6 is 0 Å². The lowest BCUT2D eigenvalue weighted by atomic mass is 9.97. The zero-order valence-electron chi connectivity index (χ0n) is 9.16. The van der Waals surface area contributed by atoms with Crippen LogP contribution in [-0.2, 0) is 0 Å². The Morgan fingerprint density at radius 3 is 2.80 bits per heavy atom. The van der Waals surface area contributed by atoms with Gasteiger partial charge in [-0.2, -0.15) is 5.26 Å². The molecule has 0 spiro atoms. The average molecular weight is 201 g/mol. The molecule has 0 aliphatic carbocycles. The smallest absolute Gasteiger partial charge is 0.124 e. The quantitative estimate of drug-likeness (QED) is 0.700. The molecular weight excluding hydrogens is 186 g/mol. The highest BCUT2D eigenvalue weighted by atomic mass is 16.5. The first-order chi connectivity index (χ1) is 7.20. The molecule has 0 bridgehead atoms. The maximum absolute atomic E-state index is 8.99. The molecule has 0 aliphatic heterocycles. The van der Waals surface area contributed by atoms with Gasteiger partial charge in [-0.3, -0.25) is 0 Å². The van der Waals surface area contributed by atoms with Gasteiger partial charge >= 0.3 is 0 Å². The number of ether oxygens (including phenoxy) is 1. The van der Waals surface area contributed by atoms with Gasteiger partial charge in [0.05, 0.1) is 11.6 Å². The van der Waals surface area contributed by atoms with Gasteiger partial charge in [0.1, 0.15) is 12.4 Å². The van der Waals surface area contributed by atoms with Gasteiger partial charge in [0.2, 0.25) is 0 Å². The third kappa shape index (κ3) is 2.60. The second-order valence-corrected chi connectivity index (χ2v) is 3.58. The van der Waals surface area contributed by atoms with Gasteiger partial charge in [0.15, 0.2) is 0 Å². The Morgan fingerprint density at radius 1 is 1.53 bits per heavy atom. The minimum absolute atomic E-state index is 0.278. The Labute approximate surface area is 90.8 Å². The molecule has 15 heavy (non-hydrogen) atoms. The van der Waals surface area contributed by atoms with Gasteiger partial charge in [0, 0.05) is 5.56 Å². The van der Waals surface area contributed by atoms with Crippen molar-refractivity contribution in [2.24, 2.45) is 0 Å². The molecule has 0 aromatic heterocycles. The molecule has 0 unspecified atom stereocenters. The van der Waals surface area contributed by atoms with E-state index in [9.17, 15) is 0 Å². The van der Waals surface area contributed by atoms with E-state index in [-0.39, 0.29) is 5.92 Å². The van der Waals surface area contributed by atoms with Crippen LogP contribution in [0.5, 0.6) is 5.75 Å². The van der Waals surface area contributed by atoms with Crippen LogP contribution in [0.3, 0.4) is 0 Å². The number of hydrogen-bond donors (Lipinski definition) is 0. The topological polar surface area (TPSA) is 33.0 Å². The van der Waals surface area contributed by atoms with E-state index in [2.05, 4.69) is 26.5 Å². The molecule has 1 aromatic carbocycles. The van der Waals surface area contributed by atoms with E-state index in [1.54, 1.807) is 6.08 Å². The summed E-state index contributed by atoms with van der Waals surface area (Å²) in [6.45, 7) is 8.17. The third-order valence-electron chi connectivity index (χ3n) is 2.12. The van der Waals surface area contributed by atoms with Crippen LogP contribution in [0, 0.1) is 11.3 Å². The van der Waals surface area contributed by atoms with Crippen LogP contribution in [0.25, 0.3) is 0 Å². The van der Waals surface area contributed by atoms with Crippen LogP contribution in [-0.4, -0.2) is 6.61 Å². The Bertz CT molecular complexity index is 388. The van der Waals surface area contributed by atoms with Gasteiger partial charge in [-0.15, -0.1) is 0 Å². The van der Waals surface area contributed by atoms with Gasteiger partial charge in [-0.1, -0.05) is 32.6 Å². The molecule has 0 saturated heterocycles. The molecule has 1 aromatic rings. The molecule has 0 amide bonds. The van der Waals surface area contributed by atoms with Gasteiger partial charge in [-0.05, 0) is 18.1 Å². The van der Waals surface area contributed by atoms with Gasteiger partial charge in [-0.25, -0.2) is 0 Å². The summed E-state index contributed by atoms with van der Waals surface area (Å²) in [6, 6.07) is 7.73. The zero-order valence-corrected chi connectivity index (χ0v) is 9.16. The van der Waals surface area contributed by atoms with Gasteiger partial charge in [0.25, 0.3) is 0 Å². The van der Waals surface area contributed by atoms with E-state index < -0.39 is 0 Å². The van der Waals surface area contributed by atoms with Crippen molar-refractivity contribution in [3.8, 4) is 11.8 Å². The normalized spacial score (nSPS) is 9.73. The number of rotatable bonds is 4. The highest BCUT2D eigenvalue weighted by Gasteiger charge is 2.12. The molecule has 0 heterocycles. The molecule has 0 fully saturated rings. The van der Waals surface area contributed by atoms with Crippen molar-refractivity contribution >= 4 is 0 Å². The summed E-state index contributed by atoms with van der Waals surface area (Å²) in [5.41, 5.74) is 1.66. The summed E-state index contributed by atoms with van der Waals surface area (Å²) in [7, 11) is 0. The number of nitrogens with zero attached hydrogens (tertiary/aromatic N) is 1. The third-order valence-corrected chi connectivity index (χ3v) is 2.12. The minimum Gasteiger partial charge on any atom is -0.489 e. The summed E-state index contributed by atoms with van der Waals surface area (Å²) in [5.74, 6) is 1.06. The highest BCUT2D eigenvalue weighted by Crippen LogP contribution is 2.29. The second kappa shape index (κ2) is 5.21. The molecule has 2 heteroatoms. The van der Waals surface area contributed by atoms with E-state index >= 15 is 0 Å². The van der Waals surface area contributed by atoms with Crippen LogP contribution in [0.4, 0.5) is 0 Å². The fourth-order valence-electron chi connectivity index (χ4n) is 1.51. The lowest BCUT2D eigenvalue weighted by Gasteiger charge is -2.14.